The Morgan fingerprint density at radius 2 is 2.11 bits per heavy atom. The lowest BCUT2D eigenvalue weighted by atomic mass is 10.2. The van der Waals surface area contributed by atoms with Crippen LogP contribution in [0.4, 0.5) is 5.69 Å². The van der Waals surface area contributed by atoms with E-state index in [9.17, 15) is 4.79 Å². The molecule has 1 aromatic carbocycles. The summed E-state index contributed by atoms with van der Waals surface area (Å²) in [4.78, 5) is 15.8. The van der Waals surface area contributed by atoms with E-state index in [1.165, 1.54) is 31.0 Å². The fourth-order valence-corrected chi connectivity index (χ4v) is 1.84. The smallest absolute Gasteiger partial charge is 0.340 e. The summed E-state index contributed by atoms with van der Waals surface area (Å²) in [5.74, 6) is -0.588. The van der Waals surface area contributed by atoms with Crippen molar-refractivity contribution in [3.05, 3.63) is 27.7 Å². The van der Waals surface area contributed by atoms with Gasteiger partial charge in [-0.2, -0.15) is 5.26 Å². The van der Waals surface area contributed by atoms with E-state index in [-0.39, 0.29) is 21.3 Å². The van der Waals surface area contributed by atoms with Crippen molar-refractivity contribution in [1.82, 2.24) is 5.32 Å². The number of hydrogen-bond donors (Lipinski definition) is 1. The maximum atomic E-state index is 11.6. The van der Waals surface area contributed by atoms with Gasteiger partial charge in [-0.25, -0.2) is 9.79 Å². The molecule has 5 nitrogen and oxygen atoms in total. The molecule has 1 N–H and O–H groups in total. The van der Waals surface area contributed by atoms with Gasteiger partial charge in [-0.3, -0.25) is 5.32 Å². The first-order chi connectivity index (χ1) is 9.03. The van der Waals surface area contributed by atoms with E-state index in [0.717, 1.165) is 0 Å². The molecule has 0 aromatic heterocycles. The highest BCUT2D eigenvalue weighted by molar-refractivity contribution is 8.13. The average Bonchev–Trinajstić information content (AvgIpc) is 2.41. The Morgan fingerprint density at radius 1 is 1.47 bits per heavy atom. The van der Waals surface area contributed by atoms with Crippen LogP contribution < -0.4 is 5.32 Å². The zero-order chi connectivity index (χ0) is 14.4. The lowest BCUT2D eigenvalue weighted by molar-refractivity contribution is 0.0602. The summed E-state index contributed by atoms with van der Waals surface area (Å²) in [6.45, 7) is 0. The number of nitriles is 1. The molecular formula is C11H9Cl2N3O2S. The van der Waals surface area contributed by atoms with Crippen LogP contribution in [0.5, 0.6) is 0 Å². The predicted molar refractivity (Wildman–Crippen MR) is 77.2 cm³/mol. The second-order valence-corrected chi connectivity index (χ2v) is 4.74. The van der Waals surface area contributed by atoms with Crippen LogP contribution in [0.25, 0.3) is 0 Å². The highest BCUT2D eigenvalue weighted by Gasteiger charge is 2.15. The van der Waals surface area contributed by atoms with E-state index >= 15 is 0 Å². The van der Waals surface area contributed by atoms with Crippen LogP contribution in [0.15, 0.2) is 17.1 Å². The van der Waals surface area contributed by atoms with Crippen molar-refractivity contribution in [2.45, 2.75) is 0 Å². The first kappa shape index (κ1) is 15.6. The first-order valence-electron chi connectivity index (χ1n) is 4.88. The minimum Gasteiger partial charge on any atom is -0.465 e. The van der Waals surface area contributed by atoms with Crippen LogP contribution >= 0.6 is 35.0 Å². The normalized spacial score (nSPS) is 10.8. The molecule has 0 radical (unpaired) electrons. The lowest BCUT2D eigenvalue weighted by Crippen LogP contribution is -2.13. The van der Waals surface area contributed by atoms with Crippen LogP contribution in [0.3, 0.4) is 0 Å². The van der Waals surface area contributed by atoms with Crippen LogP contribution in [-0.2, 0) is 4.74 Å². The van der Waals surface area contributed by atoms with Gasteiger partial charge in [-0.1, -0.05) is 35.0 Å². The third-order valence-corrected chi connectivity index (χ3v) is 3.32. The van der Waals surface area contributed by atoms with Crippen LogP contribution in [0.1, 0.15) is 10.4 Å². The van der Waals surface area contributed by atoms with Crippen molar-refractivity contribution < 1.29 is 9.53 Å². The number of hydrogen-bond acceptors (Lipinski definition) is 5. The van der Waals surface area contributed by atoms with E-state index in [0.29, 0.717) is 5.17 Å². The minimum atomic E-state index is -0.588. The molecule has 0 fully saturated rings. The van der Waals surface area contributed by atoms with E-state index in [2.05, 4.69) is 15.0 Å². The summed E-state index contributed by atoms with van der Waals surface area (Å²) in [6.07, 6.45) is 3.49. The summed E-state index contributed by atoms with van der Waals surface area (Å²) in [5.41, 5.74) is 0.441. The molecule has 100 valence electrons. The van der Waals surface area contributed by atoms with Gasteiger partial charge in [0.05, 0.1) is 28.4 Å². The van der Waals surface area contributed by atoms with E-state index in [4.69, 9.17) is 28.5 Å². The second-order valence-electron chi connectivity index (χ2n) is 3.13. The van der Waals surface area contributed by atoms with Gasteiger partial charge in [0.2, 0.25) is 0 Å². The monoisotopic (exact) mass is 317 g/mol. The predicted octanol–water partition coefficient (Wildman–Crippen LogP) is 3.20. The number of carbonyl (C=O) groups is 1. The van der Waals surface area contributed by atoms with Crippen molar-refractivity contribution >= 4 is 51.8 Å². The summed E-state index contributed by atoms with van der Waals surface area (Å²) < 4.78 is 4.64. The quantitative estimate of drug-likeness (QED) is 0.298. The van der Waals surface area contributed by atoms with Crippen molar-refractivity contribution in [3.8, 4) is 6.19 Å². The van der Waals surface area contributed by atoms with Gasteiger partial charge in [0.15, 0.2) is 11.4 Å². The third-order valence-electron chi connectivity index (χ3n) is 2.02. The second kappa shape index (κ2) is 7.24. The molecule has 1 rings (SSSR count). The SMILES string of the molecule is COC(=O)c1cc(Cl)c(Cl)cc1N=C(NC#N)SC. The number of nitrogens with zero attached hydrogens (tertiary/aromatic N) is 2. The maximum Gasteiger partial charge on any atom is 0.340 e. The number of ether oxygens (including phenoxy) is 1. The largest absolute Gasteiger partial charge is 0.465 e. The molecule has 0 aliphatic carbocycles. The summed E-state index contributed by atoms with van der Waals surface area (Å²) in [6, 6.07) is 2.81. The molecule has 0 spiro atoms. The topological polar surface area (TPSA) is 74.5 Å². The van der Waals surface area contributed by atoms with Gasteiger partial charge in [-0.15, -0.1) is 0 Å². The third kappa shape index (κ3) is 4.03. The molecule has 19 heavy (non-hydrogen) atoms. The average molecular weight is 318 g/mol. The van der Waals surface area contributed by atoms with Gasteiger partial charge in [0.1, 0.15) is 0 Å². The van der Waals surface area contributed by atoms with E-state index < -0.39 is 5.97 Å². The summed E-state index contributed by atoms with van der Waals surface area (Å²) in [7, 11) is 1.25. The van der Waals surface area contributed by atoms with E-state index in [1.807, 2.05) is 0 Å². The zero-order valence-corrected chi connectivity index (χ0v) is 12.4. The van der Waals surface area contributed by atoms with Crippen LogP contribution in [-0.4, -0.2) is 24.5 Å². The molecule has 1 aromatic rings. The number of methoxy groups -OCH3 is 1. The zero-order valence-electron chi connectivity index (χ0n) is 10.0. The Morgan fingerprint density at radius 3 is 2.63 bits per heavy atom. The van der Waals surface area contributed by atoms with Gasteiger partial charge in [0, 0.05) is 0 Å². The molecule has 0 saturated heterocycles. The van der Waals surface area contributed by atoms with E-state index in [1.54, 1.807) is 12.4 Å². The number of nitrogens with one attached hydrogen (secondary N) is 1. The molecule has 0 atom stereocenters. The molecule has 0 aliphatic heterocycles. The summed E-state index contributed by atoms with van der Waals surface area (Å²) >= 11 is 13.0. The van der Waals surface area contributed by atoms with Crippen molar-refractivity contribution in [2.24, 2.45) is 4.99 Å². The Balaban J connectivity index is 3.36. The molecule has 0 bridgehead atoms. The number of esters is 1. The van der Waals surface area contributed by atoms with Crippen LogP contribution in [0.2, 0.25) is 10.0 Å². The first-order valence-corrected chi connectivity index (χ1v) is 6.86. The molecule has 0 heterocycles. The van der Waals surface area contributed by atoms with Gasteiger partial charge >= 0.3 is 5.97 Å². The number of amidine groups is 1. The Labute approximate surface area is 124 Å². The molecule has 0 aliphatic rings. The van der Waals surface area contributed by atoms with Gasteiger partial charge in [-0.05, 0) is 18.4 Å². The Kier molecular flexibility index (Phi) is 5.96. The molecular weight excluding hydrogens is 309 g/mol. The van der Waals surface area contributed by atoms with Gasteiger partial charge in [0.25, 0.3) is 0 Å². The number of halogens is 2. The highest BCUT2D eigenvalue weighted by atomic mass is 35.5. The Bertz CT molecular complexity index is 570. The lowest BCUT2D eigenvalue weighted by Gasteiger charge is -2.07. The van der Waals surface area contributed by atoms with Crippen molar-refractivity contribution in [1.29, 1.82) is 5.26 Å². The standard InChI is InChI=1S/C11H9Cl2N3O2S/c1-18-10(17)6-3-7(12)8(13)4-9(6)16-11(19-2)15-5-14/h3-4H,1-2H3,(H,15,16). The fraction of sp³-hybridized carbons (Fsp3) is 0.182. The van der Waals surface area contributed by atoms with Crippen LogP contribution in [0, 0.1) is 11.5 Å². The summed E-state index contributed by atoms with van der Waals surface area (Å²) in [5, 5.41) is 11.8. The molecule has 0 unspecified atom stereocenters. The maximum absolute atomic E-state index is 11.6. The minimum absolute atomic E-state index is 0.170. The fourth-order valence-electron chi connectivity index (χ4n) is 1.18. The molecule has 8 heteroatoms. The van der Waals surface area contributed by atoms with Gasteiger partial charge < -0.3 is 4.74 Å². The van der Waals surface area contributed by atoms with Crippen molar-refractivity contribution in [2.75, 3.05) is 13.4 Å². The number of rotatable bonds is 2. The molecule has 0 saturated carbocycles. The number of carbonyl (C=O) groups excluding carboxylic acids is 1. The molecule has 0 amide bonds. The number of benzene rings is 1. The highest BCUT2D eigenvalue weighted by Crippen LogP contribution is 2.31. The van der Waals surface area contributed by atoms with Crippen molar-refractivity contribution in [3.63, 3.8) is 0 Å². The number of aliphatic imine (C=N–C) groups is 1. The Hall–Kier alpha value is -1.42. The number of thioether (sulfide) groups is 1.